The van der Waals surface area contributed by atoms with Crippen molar-refractivity contribution in [2.24, 2.45) is 0 Å². The van der Waals surface area contributed by atoms with Crippen molar-refractivity contribution in [1.82, 2.24) is 4.90 Å². The van der Waals surface area contributed by atoms with Crippen LogP contribution < -0.4 is 0 Å². The molecule has 25 heavy (non-hydrogen) atoms. The summed E-state index contributed by atoms with van der Waals surface area (Å²) in [6, 6.07) is 25.7. The summed E-state index contributed by atoms with van der Waals surface area (Å²) in [5.41, 5.74) is 2.50. The van der Waals surface area contributed by atoms with Crippen molar-refractivity contribution in [2.45, 2.75) is 38.9 Å². The first-order valence-electron chi connectivity index (χ1n) is 8.91. The largest absolute Gasteiger partial charge is 0.303 e. The number of hydrogen-bond acceptors (Lipinski definition) is 2. The van der Waals surface area contributed by atoms with Gasteiger partial charge in [-0.1, -0.05) is 72.8 Å². The van der Waals surface area contributed by atoms with E-state index in [1.807, 2.05) is 6.07 Å². The molecule has 2 heteroatoms. The van der Waals surface area contributed by atoms with E-state index < -0.39 is 0 Å². The van der Waals surface area contributed by atoms with Crippen LogP contribution in [0.1, 0.15) is 37.4 Å². The Labute approximate surface area is 150 Å². The molecule has 0 saturated carbocycles. The Kier molecular flexibility index (Phi) is 5.62. The zero-order valence-corrected chi connectivity index (χ0v) is 14.9. The lowest BCUT2D eigenvalue weighted by molar-refractivity contribution is -0.109. The molecule has 0 aliphatic heterocycles. The van der Waals surface area contributed by atoms with Crippen molar-refractivity contribution in [3.8, 4) is 0 Å². The van der Waals surface area contributed by atoms with Gasteiger partial charge in [0, 0.05) is 25.0 Å². The third kappa shape index (κ3) is 3.97. The Balaban J connectivity index is 2.04. The van der Waals surface area contributed by atoms with E-state index in [0.717, 1.165) is 12.8 Å². The summed E-state index contributed by atoms with van der Waals surface area (Å²) in [5, 5.41) is 2.45. The number of hydrogen-bond donors (Lipinski definition) is 0. The maximum Gasteiger partial charge on any atom is 0.121 e. The number of benzene rings is 3. The van der Waals surface area contributed by atoms with E-state index in [4.69, 9.17) is 0 Å². The average Bonchev–Trinajstić information content (AvgIpc) is 2.65. The van der Waals surface area contributed by atoms with E-state index in [9.17, 15) is 4.79 Å². The molecule has 2 nitrogen and oxygen atoms in total. The molecule has 0 N–H and O–H groups in total. The summed E-state index contributed by atoms with van der Waals surface area (Å²) in [5.74, 6) is 0. The normalized spacial score (nSPS) is 12.6. The quantitative estimate of drug-likeness (QED) is 0.542. The number of aldehydes is 1. The van der Waals surface area contributed by atoms with E-state index in [0.29, 0.717) is 12.5 Å². The van der Waals surface area contributed by atoms with Crippen LogP contribution in [0.2, 0.25) is 0 Å². The van der Waals surface area contributed by atoms with Gasteiger partial charge in [0.2, 0.25) is 0 Å². The molecule has 0 fully saturated rings. The molecule has 0 amide bonds. The predicted molar refractivity (Wildman–Crippen MR) is 104 cm³/mol. The summed E-state index contributed by atoms with van der Waals surface area (Å²) >= 11 is 0. The first-order valence-corrected chi connectivity index (χ1v) is 8.91. The molecule has 0 aliphatic rings. The second-order valence-corrected chi connectivity index (χ2v) is 6.74. The molecule has 0 aromatic heterocycles. The summed E-state index contributed by atoms with van der Waals surface area (Å²) in [6.07, 6.45) is 1.55. The van der Waals surface area contributed by atoms with Crippen LogP contribution in [0, 0.1) is 0 Å². The Morgan fingerprint density at radius 2 is 1.56 bits per heavy atom. The molecule has 0 aliphatic carbocycles. The maximum absolute atomic E-state index is 11.5. The van der Waals surface area contributed by atoms with Gasteiger partial charge in [-0.3, -0.25) is 4.90 Å². The Bertz CT molecular complexity index is 820. The molecule has 0 radical (unpaired) electrons. The van der Waals surface area contributed by atoms with Gasteiger partial charge in [0.15, 0.2) is 0 Å². The average molecular weight is 331 g/mol. The summed E-state index contributed by atoms with van der Waals surface area (Å²) in [4.78, 5) is 13.9. The third-order valence-electron chi connectivity index (χ3n) is 4.77. The van der Waals surface area contributed by atoms with Crippen molar-refractivity contribution in [2.75, 3.05) is 0 Å². The molecule has 0 heterocycles. The monoisotopic (exact) mass is 331 g/mol. The van der Waals surface area contributed by atoms with Crippen LogP contribution in [-0.4, -0.2) is 17.2 Å². The SMILES string of the molecule is CC(C)N(Cc1ccccc1)C(CC=O)c1cccc2ccccc12. The van der Waals surface area contributed by atoms with Crippen LogP contribution in [0.3, 0.4) is 0 Å². The van der Waals surface area contributed by atoms with Crippen LogP contribution in [0.4, 0.5) is 0 Å². The van der Waals surface area contributed by atoms with Crippen molar-refractivity contribution in [3.05, 3.63) is 83.9 Å². The maximum atomic E-state index is 11.5. The number of nitrogens with zero attached hydrogens (tertiary/aromatic N) is 1. The second-order valence-electron chi connectivity index (χ2n) is 6.74. The van der Waals surface area contributed by atoms with Crippen LogP contribution in [0.15, 0.2) is 72.8 Å². The Morgan fingerprint density at radius 3 is 2.28 bits per heavy atom. The van der Waals surface area contributed by atoms with E-state index >= 15 is 0 Å². The number of rotatable bonds is 7. The van der Waals surface area contributed by atoms with Crippen molar-refractivity contribution >= 4 is 17.1 Å². The number of carbonyl (C=O) groups is 1. The minimum Gasteiger partial charge on any atom is -0.303 e. The number of fused-ring (bicyclic) bond motifs is 1. The lowest BCUT2D eigenvalue weighted by Crippen LogP contribution is -2.34. The van der Waals surface area contributed by atoms with E-state index in [1.54, 1.807) is 0 Å². The molecular formula is C23H25NO. The third-order valence-corrected chi connectivity index (χ3v) is 4.77. The molecule has 3 aromatic rings. The molecule has 0 spiro atoms. The molecular weight excluding hydrogens is 306 g/mol. The molecule has 1 unspecified atom stereocenters. The fourth-order valence-electron chi connectivity index (χ4n) is 3.52. The first kappa shape index (κ1) is 17.4. The van der Waals surface area contributed by atoms with Crippen LogP contribution in [-0.2, 0) is 11.3 Å². The minimum atomic E-state index is 0.0730. The smallest absolute Gasteiger partial charge is 0.121 e. The highest BCUT2D eigenvalue weighted by Gasteiger charge is 2.24. The van der Waals surface area contributed by atoms with Crippen LogP contribution >= 0.6 is 0 Å². The van der Waals surface area contributed by atoms with Gasteiger partial charge >= 0.3 is 0 Å². The molecule has 3 aromatic carbocycles. The molecule has 0 bridgehead atoms. The van der Waals surface area contributed by atoms with Gasteiger partial charge in [0.25, 0.3) is 0 Å². The van der Waals surface area contributed by atoms with E-state index in [2.05, 4.69) is 85.5 Å². The zero-order valence-electron chi connectivity index (χ0n) is 14.9. The minimum absolute atomic E-state index is 0.0730. The fourth-order valence-corrected chi connectivity index (χ4v) is 3.52. The molecule has 1 atom stereocenters. The molecule has 128 valence electrons. The highest BCUT2D eigenvalue weighted by molar-refractivity contribution is 5.86. The summed E-state index contributed by atoms with van der Waals surface area (Å²) in [7, 11) is 0. The molecule has 3 rings (SSSR count). The Morgan fingerprint density at radius 1 is 0.880 bits per heavy atom. The van der Waals surface area contributed by atoms with Crippen molar-refractivity contribution in [3.63, 3.8) is 0 Å². The predicted octanol–water partition coefficient (Wildman–Crippen LogP) is 5.38. The lowest BCUT2D eigenvalue weighted by atomic mass is 9.94. The fraction of sp³-hybridized carbons (Fsp3) is 0.261. The van der Waals surface area contributed by atoms with Gasteiger partial charge in [-0.2, -0.15) is 0 Å². The van der Waals surface area contributed by atoms with Gasteiger partial charge in [0.05, 0.1) is 0 Å². The highest BCUT2D eigenvalue weighted by atomic mass is 16.1. The summed E-state index contributed by atoms with van der Waals surface area (Å²) < 4.78 is 0. The highest BCUT2D eigenvalue weighted by Crippen LogP contribution is 2.32. The standard InChI is InChI=1S/C23H25NO/c1-18(2)24(17-19-9-4-3-5-10-19)23(15-16-25)22-14-8-12-20-11-6-7-13-21(20)22/h3-14,16,18,23H,15,17H2,1-2H3. The summed E-state index contributed by atoms with van der Waals surface area (Å²) in [6.45, 7) is 5.23. The van der Waals surface area contributed by atoms with E-state index in [1.165, 1.54) is 21.9 Å². The van der Waals surface area contributed by atoms with Crippen LogP contribution in [0.25, 0.3) is 10.8 Å². The van der Waals surface area contributed by atoms with Gasteiger partial charge < -0.3 is 4.79 Å². The van der Waals surface area contributed by atoms with Crippen molar-refractivity contribution < 1.29 is 4.79 Å². The van der Waals surface area contributed by atoms with Gasteiger partial charge in [-0.25, -0.2) is 0 Å². The molecule has 0 saturated heterocycles. The van der Waals surface area contributed by atoms with Gasteiger partial charge in [-0.15, -0.1) is 0 Å². The van der Waals surface area contributed by atoms with Gasteiger partial charge in [-0.05, 0) is 35.7 Å². The lowest BCUT2D eigenvalue weighted by Gasteiger charge is -2.35. The van der Waals surface area contributed by atoms with E-state index in [-0.39, 0.29) is 6.04 Å². The van der Waals surface area contributed by atoms with Gasteiger partial charge in [0.1, 0.15) is 6.29 Å². The number of carbonyl (C=O) groups excluding carboxylic acids is 1. The van der Waals surface area contributed by atoms with Crippen molar-refractivity contribution in [1.29, 1.82) is 0 Å². The topological polar surface area (TPSA) is 20.3 Å². The first-order chi connectivity index (χ1) is 12.2. The second kappa shape index (κ2) is 8.09. The zero-order chi connectivity index (χ0) is 17.6. The Hall–Kier alpha value is -2.45. The van der Waals surface area contributed by atoms with Crippen LogP contribution in [0.5, 0.6) is 0 Å².